The van der Waals surface area contributed by atoms with Gasteiger partial charge in [0.05, 0.1) is 35.2 Å². The molecule has 0 aromatic heterocycles. The van der Waals surface area contributed by atoms with Gasteiger partial charge in [0.1, 0.15) is 0 Å². The average Bonchev–Trinajstić information content (AvgIpc) is 3.12. The number of benzene rings is 2. The monoisotopic (exact) mass is 346 g/mol. The van der Waals surface area contributed by atoms with Gasteiger partial charge in [0, 0.05) is 0 Å². The maximum Gasteiger partial charge on any atom is 0.206 e. The van der Waals surface area contributed by atoms with Crippen LogP contribution >= 0.6 is 0 Å². The lowest BCUT2D eigenvalue weighted by Gasteiger charge is -2.20. The van der Waals surface area contributed by atoms with E-state index in [0.717, 1.165) is 5.56 Å². The summed E-state index contributed by atoms with van der Waals surface area (Å²) in [5, 5.41) is 10.3. The lowest BCUT2D eigenvalue weighted by atomic mass is 10.1. The van der Waals surface area contributed by atoms with Gasteiger partial charge < -0.3 is 14.6 Å². The van der Waals surface area contributed by atoms with E-state index in [2.05, 4.69) is 0 Å². The van der Waals surface area contributed by atoms with Crippen LogP contribution < -0.4 is 0 Å². The molecule has 1 N–H and O–H groups in total. The first-order valence-corrected chi connectivity index (χ1v) is 9.03. The zero-order valence-corrected chi connectivity index (χ0v) is 13.7. The third-order valence-corrected chi connectivity index (χ3v) is 5.72. The van der Waals surface area contributed by atoms with Crippen molar-refractivity contribution in [3.63, 3.8) is 0 Å². The smallest absolute Gasteiger partial charge is 0.206 e. The van der Waals surface area contributed by atoms with Crippen molar-refractivity contribution in [2.24, 2.45) is 5.92 Å². The zero-order chi connectivity index (χ0) is 17.0. The van der Waals surface area contributed by atoms with Crippen LogP contribution in [-0.4, -0.2) is 26.4 Å². The Bertz CT molecular complexity index is 800. The molecule has 3 rings (SSSR count). The second-order valence-electron chi connectivity index (χ2n) is 5.46. The van der Waals surface area contributed by atoms with Crippen LogP contribution in [0.1, 0.15) is 5.56 Å². The minimum absolute atomic E-state index is 0.0364. The Morgan fingerprint density at radius 2 is 1.71 bits per heavy atom. The van der Waals surface area contributed by atoms with Crippen molar-refractivity contribution in [3.05, 3.63) is 77.4 Å². The van der Waals surface area contributed by atoms with Crippen molar-refractivity contribution in [2.75, 3.05) is 6.61 Å². The number of hydrogen-bond donors (Lipinski definition) is 1. The Morgan fingerprint density at radius 1 is 1.08 bits per heavy atom. The Kier molecular flexibility index (Phi) is 4.99. The van der Waals surface area contributed by atoms with Gasteiger partial charge in [-0.1, -0.05) is 48.5 Å². The SMILES string of the molecule is O=S(=O)(C1=COC[C@@H]1[C@@H](O)OCc1ccccc1)c1ccccc1. The molecule has 6 heteroatoms. The molecule has 2 atom stereocenters. The highest BCUT2D eigenvalue weighted by atomic mass is 32.2. The van der Waals surface area contributed by atoms with E-state index in [1.165, 1.54) is 18.4 Å². The van der Waals surface area contributed by atoms with Crippen LogP contribution in [0.15, 0.2) is 76.7 Å². The summed E-state index contributed by atoms with van der Waals surface area (Å²) >= 11 is 0. The Labute approximate surface area is 141 Å². The molecule has 0 saturated carbocycles. The van der Waals surface area contributed by atoms with Crippen molar-refractivity contribution in [2.45, 2.75) is 17.8 Å². The molecule has 0 radical (unpaired) electrons. The van der Waals surface area contributed by atoms with Gasteiger partial charge in [-0.3, -0.25) is 0 Å². The van der Waals surface area contributed by atoms with E-state index in [1.807, 2.05) is 30.3 Å². The lowest BCUT2D eigenvalue weighted by molar-refractivity contribution is -0.136. The van der Waals surface area contributed by atoms with Crippen LogP contribution in [-0.2, 0) is 25.9 Å². The molecule has 24 heavy (non-hydrogen) atoms. The van der Waals surface area contributed by atoms with Crippen molar-refractivity contribution in [3.8, 4) is 0 Å². The largest absolute Gasteiger partial charge is 0.499 e. The third kappa shape index (κ3) is 3.51. The maximum absolute atomic E-state index is 12.7. The van der Waals surface area contributed by atoms with E-state index >= 15 is 0 Å². The zero-order valence-electron chi connectivity index (χ0n) is 12.9. The molecular weight excluding hydrogens is 328 g/mol. The van der Waals surface area contributed by atoms with Gasteiger partial charge in [-0.05, 0) is 17.7 Å². The molecule has 2 aromatic carbocycles. The second-order valence-corrected chi connectivity index (χ2v) is 7.41. The van der Waals surface area contributed by atoms with Gasteiger partial charge in [0.15, 0.2) is 6.29 Å². The van der Waals surface area contributed by atoms with Gasteiger partial charge in [0.25, 0.3) is 0 Å². The molecule has 126 valence electrons. The lowest BCUT2D eigenvalue weighted by Crippen LogP contribution is -2.28. The summed E-state index contributed by atoms with van der Waals surface area (Å²) in [6.45, 7) is 0.258. The molecule has 0 aliphatic carbocycles. The minimum atomic E-state index is -3.72. The fraction of sp³-hybridized carbons (Fsp3) is 0.222. The number of rotatable bonds is 6. The predicted octanol–water partition coefficient (Wildman–Crippen LogP) is 2.48. The number of aliphatic hydroxyl groups is 1. The highest BCUT2D eigenvalue weighted by Gasteiger charge is 2.37. The third-order valence-electron chi connectivity index (χ3n) is 3.81. The molecule has 0 spiro atoms. The van der Waals surface area contributed by atoms with Crippen LogP contribution in [0.5, 0.6) is 0 Å². The molecule has 0 fully saturated rings. The number of aliphatic hydroxyl groups excluding tert-OH is 1. The number of ether oxygens (including phenoxy) is 2. The average molecular weight is 346 g/mol. The predicted molar refractivity (Wildman–Crippen MR) is 88.4 cm³/mol. The molecular formula is C18H18O5S. The standard InChI is InChI=1S/C18H18O5S/c19-18(23-11-14-7-3-1-4-8-14)16-12-22-13-17(16)24(20,21)15-9-5-2-6-10-15/h1-10,13,16,18-19H,11-12H2/t16-,18-/m0/s1. The first-order valence-electron chi connectivity index (χ1n) is 7.54. The van der Waals surface area contributed by atoms with Crippen molar-refractivity contribution in [1.82, 2.24) is 0 Å². The summed E-state index contributed by atoms with van der Waals surface area (Å²) in [7, 11) is -3.72. The Balaban J connectivity index is 1.73. The summed E-state index contributed by atoms with van der Waals surface area (Å²) in [6, 6.07) is 17.5. The van der Waals surface area contributed by atoms with Gasteiger partial charge in [-0.25, -0.2) is 8.42 Å². The Morgan fingerprint density at radius 3 is 2.38 bits per heavy atom. The summed E-state index contributed by atoms with van der Waals surface area (Å²) in [5.41, 5.74) is 0.895. The Hall–Kier alpha value is -2.15. The van der Waals surface area contributed by atoms with Gasteiger partial charge in [-0.15, -0.1) is 0 Å². The van der Waals surface area contributed by atoms with Crippen LogP contribution in [0, 0.1) is 5.92 Å². The van der Waals surface area contributed by atoms with Crippen LogP contribution in [0.3, 0.4) is 0 Å². The summed E-state index contributed by atoms with van der Waals surface area (Å²) in [6.07, 6.45) is -0.0697. The molecule has 0 amide bonds. The van der Waals surface area contributed by atoms with Gasteiger partial charge in [0.2, 0.25) is 9.84 Å². The molecule has 1 aliphatic heterocycles. The molecule has 1 heterocycles. The summed E-state index contributed by atoms with van der Waals surface area (Å²) < 4.78 is 36.0. The topological polar surface area (TPSA) is 72.8 Å². The number of sulfone groups is 1. The van der Waals surface area contributed by atoms with E-state index in [0.29, 0.717) is 0 Å². The maximum atomic E-state index is 12.7. The summed E-state index contributed by atoms with van der Waals surface area (Å²) in [4.78, 5) is 0.205. The van der Waals surface area contributed by atoms with Gasteiger partial charge >= 0.3 is 0 Å². The molecule has 2 aromatic rings. The molecule has 0 unspecified atom stereocenters. The first-order chi connectivity index (χ1) is 11.6. The minimum Gasteiger partial charge on any atom is -0.499 e. The highest BCUT2D eigenvalue weighted by molar-refractivity contribution is 7.95. The van der Waals surface area contributed by atoms with E-state index in [9.17, 15) is 13.5 Å². The van der Waals surface area contributed by atoms with Gasteiger partial charge in [-0.2, -0.15) is 0 Å². The van der Waals surface area contributed by atoms with Crippen LogP contribution in [0.2, 0.25) is 0 Å². The van der Waals surface area contributed by atoms with Crippen molar-refractivity contribution in [1.29, 1.82) is 0 Å². The number of hydrogen-bond acceptors (Lipinski definition) is 5. The quantitative estimate of drug-likeness (QED) is 0.814. The second kappa shape index (κ2) is 7.17. The van der Waals surface area contributed by atoms with E-state index in [4.69, 9.17) is 9.47 Å². The van der Waals surface area contributed by atoms with E-state index in [-0.39, 0.29) is 23.0 Å². The summed E-state index contributed by atoms with van der Waals surface area (Å²) in [5.74, 6) is -0.751. The molecule has 0 saturated heterocycles. The normalized spacial score (nSPS) is 18.7. The van der Waals surface area contributed by atoms with Crippen LogP contribution in [0.25, 0.3) is 0 Å². The van der Waals surface area contributed by atoms with E-state index < -0.39 is 22.0 Å². The van der Waals surface area contributed by atoms with Crippen LogP contribution in [0.4, 0.5) is 0 Å². The highest BCUT2D eigenvalue weighted by Crippen LogP contribution is 2.32. The van der Waals surface area contributed by atoms with E-state index in [1.54, 1.807) is 18.2 Å². The first kappa shape index (κ1) is 16.7. The fourth-order valence-corrected chi connectivity index (χ4v) is 4.06. The molecule has 1 aliphatic rings. The molecule has 0 bridgehead atoms. The van der Waals surface area contributed by atoms with Crippen molar-refractivity contribution < 1.29 is 23.0 Å². The fourth-order valence-electron chi connectivity index (χ4n) is 2.50. The molecule has 5 nitrogen and oxygen atoms in total. The van der Waals surface area contributed by atoms with Crippen molar-refractivity contribution >= 4 is 9.84 Å².